The van der Waals surface area contributed by atoms with E-state index >= 15 is 0 Å². The number of hydrogen-bond acceptors (Lipinski definition) is 2. The maximum atomic E-state index is 4.52. The first-order valence-corrected chi connectivity index (χ1v) is 7.87. The Labute approximate surface area is 122 Å². The highest BCUT2D eigenvalue weighted by Gasteiger charge is 2.15. The van der Waals surface area contributed by atoms with Crippen molar-refractivity contribution < 1.29 is 0 Å². The molecule has 0 bridgehead atoms. The highest BCUT2D eigenvalue weighted by molar-refractivity contribution is 5.81. The van der Waals surface area contributed by atoms with E-state index in [1.807, 2.05) is 19.4 Å². The molecule has 2 rings (SSSR count). The van der Waals surface area contributed by atoms with Crippen molar-refractivity contribution >= 4 is 11.0 Å². The number of fused-ring (bicyclic) bond motifs is 1. The van der Waals surface area contributed by atoms with Gasteiger partial charge in [0.05, 0.1) is 0 Å². The molecule has 3 nitrogen and oxygen atoms in total. The van der Waals surface area contributed by atoms with Gasteiger partial charge in [-0.1, -0.05) is 39.5 Å². The van der Waals surface area contributed by atoms with E-state index in [4.69, 9.17) is 0 Å². The topological polar surface area (TPSA) is 40.7 Å². The van der Waals surface area contributed by atoms with Gasteiger partial charge >= 0.3 is 0 Å². The maximum absolute atomic E-state index is 4.52. The monoisotopic (exact) mass is 273 g/mol. The van der Waals surface area contributed by atoms with Crippen molar-refractivity contribution in [2.45, 2.75) is 58.4 Å². The van der Waals surface area contributed by atoms with Crippen molar-refractivity contribution in [3.8, 4) is 0 Å². The molecule has 0 aromatic carbocycles. The molecule has 0 saturated heterocycles. The predicted molar refractivity (Wildman–Crippen MR) is 86.0 cm³/mol. The van der Waals surface area contributed by atoms with Gasteiger partial charge in [0.2, 0.25) is 0 Å². The lowest BCUT2D eigenvalue weighted by Crippen LogP contribution is -2.10. The van der Waals surface area contributed by atoms with E-state index in [9.17, 15) is 0 Å². The fourth-order valence-electron chi connectivity index (χ4n) is 3.00. The molecule has 0 amide bonds. The number of hydrogen-bond donors (Lipinski definition) is 2. The zero-order valence-electron chi connectivity index (χ0n) is 13.0. The van der Waals surface area contributed by atoms with Gasteiger partial charge in [-0.25, -0.2) is 4.98 Å². The Balaban J connectivity index is 2.20. The molecule has 1 atom stereocenters. The SMILES string of the molecule is CCCCCCC(C)c1c(CNC)cnc2[nH]ccc12. The van der Waals surface area contributed by atoms with Crippen molar-refractivity contribution in [2.24, 2.45) is 0 Å². The van der Waals surface area contributed by atoms with Crippen LogP contribution in [-0.4, -0.2) is 17.0 Å². The molecule has 0 aliphatic heterocycles. The third-order valence-electron chi connectivity index (χ3n) is 4.06. The summed E-state index contributed by atoms with van der Waals surface area (Å²) in [6, 6.07) is 2.17. The number of aromatic amines is 1. The highest BCUT2D eigenvalue weighted by atomic mass is 14.9. The minimum atomic E-state index is 0.594. The number of pyridine rings is 1. The predicted octanol–water partition coefficient (Wildman–Crippen LogP) is 4.36. The largest absolute Gasteiger partial charge is 0.346 e. The summed E-state index contributed by atoms with van der Waals surface area (Å²) in [5.74, 6) is 0.594. The van der Waals surface area contributed by atoms with E-state index < -0.39 is 0 Å². The summed E-state index contributed by atoms with van der Waals surface area (Å²) in [4.78, 5) is 7.75. The quantitative estimate of drug-likeness (QED) is 0.702. The summed E-state index contributed by atoms with van der Waals surface area (Å²) in [5, 5.41) is 4.55. The number of nitrogens with zero attached hydrogens (tertiary/aromatic N) is 1. The summed E-state index contributed by atoms with van der Waals surface area (Å²) in [6.45, 7) is 5.51. The van der Waals surface area contributed by atoms with Crippen LogP contribution in [0.5, 0.6) is 0 Å². The normalized spacial score (nSPS) is 12.9. The van der Waals surface area contributed by atoms with Crippen LogP contribution in [0.4, 0.5) is 0 Å². The van der Waals surface area contributed by atoms with Crippen LogP contribution < -0.4 is 5.32 Å². The van der Waals surface area contributed by atoms with Gasteiger partial charge in [0, 0.05) is 24.3 Å². The molecule has 20 heavy (non-hydrogen) atoms. The van der Waals surface area contributed by atoms with Crippen LogP contribution >= 0.6 is 0 Å². The minimum absolute atomic E-state index is 0.594. The van der Waals surface area contributed by atoms with Crippen LogP contribution in [0.15, 0.2) is 18.5 Å². The summed E-state index contributed by atoms with van der Waals surface area (Å²) < 4.78 is 0. The smallest absolute Gasteiger partial charge is 0.137 e. The van der Waals surface area contributed by atoms with E-state index in [0.29, 0.717) is 5.92 Å². The molecule has 2 aromatic rings. The van der Waals surface area contributed by atoms with Gasteiger partial charge in [-0.15, -0.1) is 0 Å². The van der Waals surface area contributed by atoms with Crippen LogP contribution in [0.2, 0.25) is 0 Å². The first-order valence-electron chi connectivity index (χ1n) is 7.87. The molecule has 1 unspecified atom stereocenters. The Morgan fingerprint density at radius 2 is 2.15 bits per heavy atom. The second-order valence-corrected chi connectivity index (χ2v) is 5.72. The fraction of sp³-hybridized carbons (Fsp3) is 0.588. The summed E-state index contributed by atoms with van der Waals surface area (Å²) >= 11 is 0. The standard InChI is InChI=1S/C17H27N3/c1-4-5-6-7-8-13(2)16-14(11-18-3)12-20-17-15(16)9-10-19-17/h9-10,12-13,18H,4-8,11H2,1-3H3,(H,19,20). The highest BCUT2D eigenvalue weighted by Crippen LogP contribution is 2.31. The zero-order valence-corrected chi connectivity index (χ0v) is 13.0. The van der Waals surface area contributed by atoms with Crippen LogP contribution in [0.1, 0.15) is 63.0 Å². The molecule has 0 spiro atoms. The molecule has 0 fully saturated rings. The van der Waals surface area contributed by atoms with Crippen molar-refractivity contribution in [2.75, 3.05) is 7.05 Å². The first-order chi connectivity index (χ1) is 9.77. The summed E-state index contributed by atoms with van der Waals surface area (Å²) in [6.07, 6.45) is 10.6. The first kappa shape index (κ1) is 15.0. The second kappa shape index (κ2) is 7.44. The van der Waals surface area contributed by atoms with Crippen LogP contribution in [-0.2, 0) is 6.54 Å². The van der Waals surface area contributed by atoms with Crippen LogP contribution in [0, 0.1) is 0 Å². The average Bonchev–Trinajstić information content (AvgIpc) is 2.92. The summed E-state index contributed by atoms with van der Waals surface area (Å²) in [5.41, 5.74) is 3.82. The zero-order chi connectivity index (χ0) is 14.4. The van der Waals surface area contributed by atoms with E-state index in [0.717, 1.165) is 12.2 Å². The van der Waals surface area contributed by atoms with Gasteiger partial charge in [-0.05, 0) is 36.6 Å². The molecule has 2 N–H and O–H groups in total. The van der Waals surface area contributed by atoms with E-state index in [1.165, 1.54) is 48.6 Å². The average molecular weight is 273 g/mol. The number of H-pyrrole nitrogens is 1. The van der Waals surface area contributed by atoms with Gasteiger partial charge in [-0.3, -0.25) is 0 Å². The number of nitrogens with one attached hydrogen (secondary N) is 2. The van der Waals surface area contributed by atoms with Gasteiger partial charge in [0.15, 0.2) is 0 Å². The Kier molecular flexibility index (Phi) is 5.60. The Morgan fingerprint density at radius 1 is 1.30 bits per heavy atom. The number of rotatable bonds is 8. The van der Waals surface area contributed by atoms with Crippen molar-refractivity contribution in [1.82, 2.24) is 15.3 Å². The van der Waals surface area contributed by atoms with Gasteiger partial charge in [0.25, 0.3) is 0 Å². The number of unbranched alkanes of at least 4 members (excludes halogenated alkanes) is 3. The van der Waals surface area contributed by atoms with Gasteiger partial charge in [0.1, 0.15) is 5.65 Å². The number of aromatic nitrogens is 2. The summed E-state index contributed by atoms with van der Waals surface area (Å²) in [7, 11) is 2.00. The molecule has 0 saturated carbocycles. The van der Waals surface area contributed by atoms with Crippen molar-refractivity contribution in [1.29, 1.82) is 0 Å². The van der Waals surface area contributed by atoms with Gasteiger partial charge in [-0.2, -0.15) is 0 Å². The third kappa shape index (κ3) is 3.40. The molecular formula is C17H27N3. The Morgan fingerprint density at radius 3 is 2.90 bits per heavy atom. The Hall–Kier alpha value is -1.35. The molecule has 0 radical (unpaired) electrons. The second-order valence-electron chi connectivity index (χ2n) is 5.72. The lowest BCUT2D eigenvalue weighted by molar-refractivity contribution is 0.577. The molecule has 3 heteroatoms. The van der Waals surface area contributed by atoms with Gasteiger partial charge < -0.3 is 10.3 Å². The molecule has 0 aliphatic carbocycles. The van der Waals surface area contributed by atoms with E-state index in [-0.39, 0.29) is 0 Å². The Bertz CT molecular complexity index is 530. The van der Waals surface area contributed by atoms with Crippen LogP contribution in [0.25, 0.3) is 11.0 Å². The van der Waals surface area contributed by atoms with Crippen LogP contribution in [0.3, 0.4) is 0 Å². The fourth-order valence-corrected chi connectivity index (χ4v) is 3.00. The maximum Gasteiger partial charge on any atom is 0.137 e. The van der Waals surface area contributed by atoms with Crippen molar-refractivity contribution in [3.05, 3.63) is 29.6 Å². The molecular weight excluding hydrogens is 246 g/mol. The van der Waals surface area contributed by atoms with E-state index in [1.54, 1.807) is 0 Å². The third-order valence-corrected chi connectivity index (χ3v) is 4.06. The molecule has 0 aliphatic rings. The molecule has 2 aromatic heterocycles. The molecule has 2 heterocycles. The van der Waals surface area contributed by atoms with E-state index in [2.05, 4.69) is 35.2 Å². The minimum Gasteiger partial charge on any atom is -0.346 e. The molecule has 110 valence electrons. The van der Waals surface area contributed by atoms with Crippen molar-refractivity contribution in [3.63, 3.8) is 0 Å². The lowest BCUT2D eigenvalue weighted by Gasteiger charge is -2.17. The lowest BCUT2D eigenvalue weighted by atomic mass is 9.90.